The molecule has 0 aliphatic carbocycles. The van der Waals surface area contributed by atoms with Crippen molar-refractivity contribution in [3.05, 3.63) is 144 Å². The molecule has 0 radical (unpaired) electrons. The lowest BCUT2D eigenvalue weighted by Gasteiger charge is -2.41. The van der Waals surface area contributed by atoms with E-state index >= 15 is 0 Å². The van der Waals surface area contributed by atoms with E-state index in [9.17, 15) is 0 Å². The van der Waals surface area contributed by atoms with E-state index in [-0.39, 0.29) is 17.7 Å². The molecule has 0 fully saturated rings. The number of para-hydroxylation sites is 2. The minimum atomic E-state index is -0.0312. The van der Waals surface area contributed by atoms with Gasteiger partial charge in [-0.15, -0.1) is 0 Å². The van der Waals surface area contributed by atoms with Gasteiger partial charge in [-0.1, -0.05) is 114 Å². The van der Waals surface area contributed by atoms with Crippen LogP contribution in [-0.2, 0) is 10.8 Å². The first-order chi connectivity index (χ1) is 24.5. The molecule has 7 aromatic carbocycles. The SMILES string of the molecule is [C-]#[N+]c1ccc2cc3c4c(ccc3cc2c1)N(c1cc(C(C)(C)C)cc(C(C)(C)C)c1)c1cccc2c1B4n1c3ccccc3c3cccc-2c31. The third kappa shape index (κ3) is 4.19. The Morgan fingerprint density at radius 3 is 2.00 bits per heavy atom. The van der Waals surface area contributed by atoms with Crippen LogP contribution in [0.2, 0.25) is 0 Å². The molecule has 2 aliphatic heterocycles. The first kappa shape index (κ1) is 30.1. The minimum Gasteiger partial charge on any atom is -0.375 e. The Morgan fingerprint density at radius 2 is 1.24 bits per heavy atom. The summed E-state index contributed by atoms with van der Waals surface area (Å²) in [5, 5.41) is 7.28. The monoisotopic (exact) mass is 655 g/mol. The number of benzene rings is 7. The Balaban J connectivity index is 1.39. The summed E-state index contributed by atoms with van der Waals surface area (Å²) >= 11 is 0. The maximum atomic E-state index is 7.65. The van der Waals surface area contributed by atoms with E-state index in [0.717, 1.165) is 10.8 Å². The quantitative estimate of drug-likeness (QED) is 0.0974. The van der Waals surface area contributed by atoms with Gasteiger partial charge in [0, 0.05) is 44.4 Å². The largest absolute Gasteiger partial charge is 0.375 e. The van der Waals surface area contributed by atoms with Gasteiger partial charge in [0.25, 0.3) is 0 Å². The van der Waals surface area contributed by atoms with Gasteiger partial charge in [0.1, 0.15) is 0 Å². The van der Waals surface area contributed by atoms with Crippen LogP contribution in [0.25, 0.3) is 59.3 Å². The molecule has 0 saturated carbocycles. The molecule has 0 bridgehead atoms. The zero-order chi connectivity index (χ0) is 35.0. The van der Waals surface area contributed by atoms with Crippen molar-refractivity contribution in [3.8, 4) is 11.1 Å². The number of hydrogen-bond acceptors (Lipinski definition) is 1. The lowest BCUT2D eigenvalue weighted by Crippen LogP contribution is -2.57. The van der Waals surface area contributed by atoms with E-state index in [0.29, 0.717) is 5.69 Å². The molecule has 0 N–H and O–H groups in total. The minimum absolute atomic E-state index is 0.0195. The van der Waals surface area contributed by atoms with Crippen LogP contribution < -0.4 is 15.8 Å². The molecule has 0 unspecified atom stereocenters. The topological polar surface area (TPSA) is 12.5 Å². The highest BCUT2D eigenvalue weighted by atomic mass is 15.2. The summed E-state index contributed by atoms with van der Waals surface area (Å²) in [4.78, 5) is 6.29. The lowest BCUT2D eigenvalue weighted by molar-refractivity contribution is 0.569. The summed E-state index contributed by atoms with van der Waals surface area (Å²) in [6.45, 7) is 21.5. The molecule has 3 nitrogen and oxygen atoms in total. The van der Waals surface area contributed by atoms with Crippen LogP contribution in [-0.4, -0.2) is 11.3 Å². The zero-order valence-electron chi connectivity index (χ0n) is 30.0. The second kappa shape index (κ2) is 10.1. The molecule has 1 aromatic heterocycles. The number of nitrogens with zero attached hydrogens (tertiary/aromatic N) is 3. The van der Waals surface area contributed by atoms with Crippen molar-refractivity contribution in [2.45, 2.75) is 52.4 Å². The molecule has 0 spiro atoms. The predicted molar refractivity (Wildman–Crippen MR) is 219 cm³/mol. The Hall–Kier alpha value is -5.79. The number of fused-ring (bicyclic) bond motifs is 10. The van der Waals surface area contributed by atoms with Gasteiger partial charge in [0.15, 0.2) is 5.69 Å². The van der Waals surface area contributed by atoms with Crippen molar-refractivity contribution in [2.24, 2.45) is 0 Å². The van der Waals surface area contributed by atoms with E-state index in [1.54, 1.807) is 0 Å². The Morgan fingerprint density at radius 1 is 0.549 bits per heavy atom. The summed E-state index contributed by atoms with van der Waals surface area (Å²) in [5.74, 6) is 0. The lowest BCUT2D eigenvalue weighted by atomic mass is 9.44. The predicted octanol–water partition coefficient (Wildman–Crippen LogP) is 11.7. The van der Waals surface area contributed by atoms with E-state index in [4.69, 9.17) is 6.57 Å². The highest BCUT2D eigenvalue weighted by Gasteiger charge is 2.43. The summed E-state index contributed by atoms with van der Waals surface area (Å²) < 4.78 is 2.64. The van der Waals surface area contributed by atoms with Crippen LogP contribution >= 0.6 is 0 Å². The Bertz CT molecular complexity index is 2820. The Labute approximate surface area is 299 Å². The van der Waals surface area contributed by atoms with Crippen molar-refractivity contribution in [1.82, 2.24) is 4.48 Å². The van der Waals surface area contributed by atoms with Crippen LogP contribution in [0.4, 0.5) is 22.7 Å². The molecule has 10 rings (SSSR count). The Kier molecular flexibility index (Phi) is 5.98. The molecular weight excluding hydrogens is 617 g/mol. The van der Waals surface area contributed by atoms with Crippen LogP contribution in [0.1, 0.15) is 52.7 Å². The molecule has 4 heteroatoms. The van der Waals surface area contributed by atoms with Crippen molar-refractivity contribution < 1.29 is 0 Å². The van der Waals surface area contributed by atoms with Gasteiger partial charge in [-0.25, -0.2) is 4.85 Å². The van der Waals surface area contributed by atoms with Crippen molar-refractivity contribution >= 4 is 83.9 Å². The number of aromatic nitrogens is 1. The number of rotatable bonds is 1. The highest BCUT2D eigenvalue weighted by Crippen LogP contribution is 2.47. The maximum Gasteiger partial charge on any atom is 0.333 e. The molecule has 3 heterocycles. The smallest absolute Gasteiger partial charge is 0.333 e. The average Bonchev–Trinajstić information content (AvgIpc) is 3.46. The van der Waals surface area contributed by atoms with Crippen molar-refractivity contribution in [3.63, 3.8) is 0 Å². The van der Waals surface area contributed by atoms with Gasteiger partial charge >= 0.3 is 6.85 Å². The first-order valence-corrected chi connectivity index (χ1v) is 18.0. The summed E-state index contributed by atoms with van der Waals surface area (Å²) in [5.41, 5.74) is 14.8. The van der Waals surface area contributed by atoms with Crippen molar-refractivity contribution in [2.75, 3.05) is 4.90 Å². The highest BCUT2D eigenvalue weighted by molar-refractivity contribution is 6.91. The third-order valence-corrected chi connectivity index (χ3v) is 11.4. The average molecular weight is 656 g/mol. The van der Waals surface area contributed by atoms with E-state index < -0.39 is 0 Å². The van der Waals surface area contributed by atoms with E-state index in [1.807, 2.05) is 12.1 Å². The molecule has 51 heavy (non-hydrogen) atoms. The second-order valence-corrected chi connectivity index (χ2v) is 16.5. The van der Waals surface area contributed by atoms with Gasteiger partial charge < -0.3 is 9.38 Å². The fourth-order valence-corrected chi connectivity index (χ4v) is 8.85. The molecule has 0 atom stereocenters. The molecule has 2 aliphatic rings. The third-order valence-electron chi connectivity index (χ3n) is 11.4. The van der Waals surface area contributed by atoms with Gasteiger partial charge in [0.2, 0.25) is 0 Å². The van der Waals surface area contributed by atoms with Gasteiger partial charge in [-0.05, 0) is 109 Å². The number of hydrogen-bond donors (Lipinski definition) is 0. The number of anilines is 3. The maximum absolute atomic E-state index is 7.65. The van der Waals surface area contributed by atoms with Crippen LogP contribution in [0.5, 0.6) is 0 Å². The zero-order valence-corrected chi connectivity index (χ0v) is 30.0. The normalized spacial score (nSPS) is 13.6. The van der Waals surface area contributed by atoms with E-state index in [2.05, 4.69) is 165 Å². The fraction of sp³-hybridized carbons (Fsp3) is 0.170. The van der Waals surface area contributed by atoms with Crippen LogP contribution in [0, 0.1) is 6.57 Å². The standard InChI is InChI=1S/C47H38BN3/c1-46(2,3)31-25-32(47(4,5)6)27-34(26-31)50-41-17-11-13-36-38-15-10-14-37-35-12-8-9-16-40(35)51(45(37)38)48(43(36)41)44-39-24-28-18-20-33(49-7)23-30(28)22-29(39)19-21-42(44)50/h8-27H,1-6H3. The second-order valence-electron chi connectivity index (χ2n) is 16.5. The summed E-state index contributed by atoms with van der Waals surface area (Å²) in [7, 11) is 0. The van der Waals surface area contributed by atoms with Gasteiger partial charge in [-0.3, -0.25) is 0 Å². The molecule has 0 saturated heterocycles. The fourth-order valence-electron chi connectivity index (χ4n) is 8.85. The molecular formula is C47H38BN3. The van der Waals surface area contributed by atoms with Crippen LogP contribution in [0.3, 0.4) is 0 Å². The summed E-state index contributed by atoms with van der Waals surface area (Å²) in [6.07, 6.45) is 0. The molecule has 244 valence electrons. The van der Waals surface area contributed by atoms with Gasteiger partial charge in [0.05, 0.1) is 6.57 Å². The summed E-state index contributed by atoms with van der Waals surface area (Å²) in [6, 6.07) is 45.3. The van der Waals surface area contributed by atoms with E-state index in [1.165, 1.54) is 82.8 Å². The molecule has 8 aromatic rings. The molecule has 0 amide bonds. The van der Waals surface area contributed by atoms with Crippen LogP contribution in [0.15, 0.2) is 121 Å². The van der Waals surface area contributed by atoms with Crippen molar-refractivity contribution in [1.29, 1.82) is 0 Å². The first-order valence-electron chi connectivity index (χ1n) is 18.0. The van der Waals surface area contributed by atoms with Gasteiger partial charge in [-0.2, -0.15) is 0 Å².